The Morgan fingerprint density at radius 1 is 1.25 bits per heavy atom. The summed E-state index contributed by atoms with van der Waals surface area (Å²) in [7, 11) is 0. The minimum Gasteiger partial charge on any atom is -0.393 e. The quantitative estimate of drug-likeness (QED) is 0.643. The van der Waals surface area contributed by atoms with E-state index in [1.54, 1.807) is 0 Å². The fourth-order valence-corrected chi connectivity index (χ4v) is 2.35. The normalized spacial score (nSPS) is 35.8. The van der Waals surface area contributed by atoms with Crippen molar-refractivity contribution in [3.05, 3.63) is 0 Å². The Hall–Kier alpha value is -0.0400. The van der Waals surface area contributed by atoms with Crippen LogP contribution in [-0.2, 0) is 0 Å². The lowest BCUT2D eigenvalue weighted by Gasteiger charge is -2.18. The van der Waals surface area contributed by atoms with Crippen molar-refractivity contribution in [2.24, 2.45) is 11.8 Å². The number of rotatable bonds is 4. The molecule has 0 aliphatic heterocycles. The molecule has 1 N–H and O–H groups in total. The molecule has 0 aromatic heterocycles. The van der Waals surface area contributed by atoms with Gasteiger partial charge >= 0.3 is 0 Å². The smallest absolute Gasteiger partial charge is 0.0571 e. The monoisotopic (exact) mass is 170 g/mol. The molecule has 0 amide bonds. The van der Waals surface area contributed by atoms with Gasteiger partial charge in [-0.05, 0) is 31.1 Å². The van der Waals surface area contributed by atoms with E-state index in [2.05, 4.69) is 13.8 Å². The third-order valence-corrected chi connectivity index (χ3v) is 3.28. The molecule has 0 aromatic carbocycles. The largest absolute Gasteiger partial charge is 0.393 e. The summed E-state index contributed by atoms with van der Waals surface area (Å²) in [6.45, 7) is 4.52. The molecule has 12 heavy (non-hydrogen) atoms. The van der Waals surface area contributed by atoms with Crippen molar-refractivity contribution in [1.29, 1.82) is 0 Å². The standard InChI is InChI=1S/C11H22O/c1-3-4-5-6-10-9(2)7-8-11(10)12/h9-12H,3-8H2,1-2H3/t9-,10-,11+/m1/s1. The molecule has 1 heteroatoms. The van der Waals surface area contributed by atoms with Crippen LogP contribution in [0.3, 0.4) is 0 Å². The van der Waals surface area contributed by atoms with Crippen molar-refractivity contribution >= 4 is 0 Å². The number of hydrogen-bond acceptors (Lipinski definition) is 1. The average Bonchev–Trinajstić information content (AvgIpc) is 2.35. The molecule has 1 nitrogen and oxygen atoms in total. The number of hydrogen-bond donors (Lipinski definition) is 1. The highest BCUT2D eigenvalue weighted by Gasteiger charge is 2.30. The fourth-order valence-electron chi connectivity index (χ4n) is 2.35. The van der Waals surface area contributed by atoms with Crippen LogP contribution in [0, 0.1) is 11.8 Å². The van der Waals surface area contributed by atoms with E-state index in [1.807, 2.05) is 0 Å². The summed E-state index contributed by atoms with van der Waals surface area (Å²) in [5, 5.41) is 9.66. The van der Waals surface area contributed by atoms with E-state index in [4.69, 9.17) is 0 Å². The van der Waals surface area contributed by atoms with Crippen molar-refractivity contribution in [2.75, 3.05) is 0 Å². The second-order valence-electron chi connectivity index (χ2n) is 4.28. The zero-order valence-electron chi connectivity index (χ0n) is 8.42. The molecule has 1 fully saturated rings. The van der Waals surface area contributed by atoms with Crippen molar-refractivity contribution in [3.8, 4) is 0 Å². The van der Waals surface area contributed by atoms with Crippen LogP contribution in [0.4, 0.5) is 0 Å². The van der Waals surface area contributed by atoms with Gasteiger partial charge < -0.3 is 5.11 Å². The molecule has 1 saturated carbocycles. The van der Waals surface area contributed by atoms with Crippen LogP contribution < -0.4 is 0 Å². The molecule has 0 spiro atoms. The minimum absolute atomic E-state index is 0.0110. The maximum atomic E-state index is 9.66. The van der Waals surface area contributed by atoms with Crippen molar-refractivity contribution in [2.45, 2.75) is 58.5 Å². The van der Waals surface area contributed by atoms with Crippen molar-refractivity contribution in [3.63, 3.8) is 0 Å². The molecule has 1 aliphatic carbocycles. The molecule has 3 atom stereocenters. The summed E-state index contributed by atoms with van der Waals surface area (Å²) in [5.41, 5.74) is 0. The topological polar surface area (TPSA) is 20.2 Å². The minimum atomic E-state index is 0.0110. The van der Waals surface area contributed by atoms with E-state index in [0.717, 1.165) is 12.3 Å². The van der Waals surface area contributed by atoms with Gasteiger partial charge in [-0.1, -0.05) is 33.1 Å². The van der Waals surface area contributed by atoms with Gasteiger partial charge in [-0.15, -0.1) is 0 Å². The molecule has 0 unspecified atom stereocenters. The van der Waals surface area contributed by atoms with E-state index < -0.39 is 0 Å². The maximum Gasteiger partial charge on any atom is 0.0571 e. The Kier molecular flexibility index (Phi) is 4.07. The first-order chi connectivity index (χ1) is 5.75. The van der Waals surface area contributed by atoms with Crippen LogP contribution in [0.1, 0.15) is 52.4 Å². The van der Waals surface area contributed by atoms with Crippen LogP contribution in [0.15, 0.2) is 0 Å². The highest BCUT2D eigenvalue weighted by molar-refractivity contribution is 4.81. The molecular formula is C11H22O. The third kappa shape index (κ3) is 2.48. The van der Waals surface area contributed by atoms with E-state index in [-0.39, 0.29) is 6.10 Å². The second kappa shape index (κ2) is 4.86. The van der Waals surface area contributed by atoms with Gasteiger partial charge in [-0.25, -0.2) is 0 Å². The number of aliphatic hydroxyl groups excluding tert-OH is 1. The Balaban J connectivity index is 2.20. The van der Waals surface area contributed by atoms with Gasteiger partial charge in [-0.2, -0.15) is 0 Å². The van der Waals surface area contributed by atoms with E-state index in [1.165, 1.54) is 32.1 Å². The summed E-state index contributed by atoms with van der Waals surface area (Å²) in [6, 6.07) is 0. The molecule has 1 rings (SSSR count). The van der Waals surface area contributed by atoms with Crippen LogP contribution in [0.25, 0.3) is 0 Å². The summed E-state index contributed by atoms with van der Waals surface area (Å²) in [5.74, 6) is 1.37. The van der Waals surface area contributed by atoms with E-state index in [0.29, 0.717) is 5.92 Å². The molecule has 1 aliphatic rings. The number of unbranched alkanes of at least 4 members (excludes halogenated alkanes) is 2. The SMILES string of the molecule is CCCCC[C@@H]1[C@H](C)CC[C@@H]1O. The van der Waals surface area contributed by atoms with Crippen LogP contribution in [0.5, 0.6) is 0 Å². The number of aliphatic hydroxyl groups is 1. The predicted molar refractivity (Wildman–Crippen MR) is 52.0 cm³/mol. The molecular weight excluding hydrogens is 148 g/mol. The van der Waals surface area contributed by atoms with Gasteiger partial charge in [0.2, 0.25) is 0 Å². The van der Waals surface area contributed by atoms with Crippen LogP contribution >= 0.6 is 0 Å². The van der Waals surface area contributed by atoms with Crippen molar-refractivity contribution in [1.82, 2.24) is 0 Å². The lowest BCUT2D eigenvalue weighted by Crippen LogP contribution is -2.17. The highest BCUT2D eigenvalue weighted by atomic mass is 16.3. The second-order valence-corrected chi connectivity index (χ2v) is 4.28. The van der Waals surface area contributed by atoms with Gasteiger partial charge in [0.1, 0.15) is 0 Å². The van der Waals surface area contributed by atoms with Gasteiger partial charge in [-0.3, -0.25) is 0 Å². The lowest BCUT2D eigenvalue weighted by atomic mass is 9.91. The zero-order valence-corrected chi connectivity index (χ0v) is 8.42. The molecule has 0 heterocycles. The average molecular weight is 170 g/mol. The van der Waals surface area contributed by atoms with Gasteiger partial charge in [0.05, 0.1) is 6.10 Å². The Morgan fingerprint density at radius 3 is 2.50 bits per heavy atom. The van der Waals surface area contributed by atoms with Gasteiger partial charge in [0.25, 0.3) is 0 Å². The molecule has 0 radical (unpaired) electrons. The van der Waals surface area contributed by atoms with Crippen LogP contribution in [0.2, 0.25) is 0 Å². The van der Waals surface area contributed by atoms with E-state index in [9.17, 15) is 5.11 Å². The van der Waals surface area contributed by atoms with Crippen molar-refractivity contribution < 1.29 is 5.11 Å². The molecule has 72 valence electrons. The lowest BCUT2D eigenvalue weighted by molar-refractivity contribution is 0.113. The summed E-state index contributed by atoms with van der Waals surface area (Å²) in [6.07, 6.45) is 7.46. The first-order valence-corrected chi connectivity index (χ1v) is 5.43. The predicted octanol–water partition coefficient (Wildman–Crippen LogP) is 2.97. The van der Waals surface area contributed by atoms with Gasteiger partial charge in [0.15, 0.2) is 0 Å². The maximum absolute atomic E-state index is 9.66. The summed E-state index contributed by atoms with van der Waals surface area (Å²) in [4.78, 5) is 0. The van der Waals surface area contributed by atoms with Gasteiger partial charge in [0, 0.05) is 0 Å². The molecule has 0 saturated heterocycles. The zero-order chi connectivity index (χ0) is 8.97. The summed E-state index contributed by atoms with van der Waals surface area (Å²) >= 11 is 0. The first kappa shape index (κ1) is 10.0. The third-order valence-electron chi connectivity index (χ3n) is 3.28. The van der Waals surface area contributed by atoms with Crippen LogP contribution in [-0.4, -0.2) is 11.2 Å². The Bertz CT molecular complexity index is 112. The fraction of sp³-hybridized carbons (Fsp3) is 1.00. The first-order valence-electron chi connectivity index (χ1n) is 5.43. The molecule has 0 aromatic rings. The van der Waals surface area contributed by atoms with E-state index >= 15 is 0 Å². The Labute approximate surface area is 76.2 Å². The summed E-state index contributed by atoms with van der Waals surface area (Å²) < 4.78 is 0. The molecule has 0 bridgehead atoms. The Morgan fingerprint density at radius 2 is 2.00 bits per heavy atom. The highest BCUT2D eigenvalue weighted by Crippen LogP contribution is 2.35.